The van der Waals surface area contributed by atoms with Gasteiger partial charge in [-0.05, 0) is 45.2 Å². The van der Waals surface area contributed by atoms with Crippen molar-refractivity contribution < 1.29 is 9.53 Å². The summed E-state index contributed by atoms with van der Waals surface area (Å²) in [7, 11) is 1.99. The number of nitrogens with one attached hydrogen (secondary N) is 1. The lowest BCUT2D eigenvalue weighted by Gasteiger charge is -2.32. The molecule has 1 rings (SSSR count). The molecule has 1 N–H and O–H groups in total. The van der Waals surface area contributed by atoms with E-state index in [1.165, 1.54) is 6.42 Å². The summed E-state index contributed by atoms with van der Waals surface area (Å²) < 4.78 is 5.29. The minimum Gasteiger partial charge on any atom is -0.372 e. The molecule has 1 fully saturated rings. The number of carbonyl (C=O) groups is 1. The number of hydrogen-bond donors (Lipinski definition) is 1. The second-order valence-corrected chi connectivity index (χ2v) is 4.77. The fourth-order valence-corrected chi connectivity index (χ4v) is 2.21. The molecule has 1 aliphatic heterocycles. The quantitative estimate of drug-likeness (QED) is 0.721. The molecule has 0 unspecified atom stereocenters. The number of piperidine rings is 1. The van der Waals surface area contributed by atoms with E-state index in [9.17, 15) is 4.79 Å². The lowest BCUT2D eigenvalue weighted by Crippen LogP contribution is -2.40. The molecule has 108 valence electrons. The van der Waals surface area contributed by atoms with Crippen LogP contribution >= 0.6 is 12.4 Å². The highest BCUT2D eigenvalue weighted by molar-refractivity contribution is 5.85. The van der Waals surface area contributed by atoms with E-state index in [0.29, 0.717) is 6.61 Å². The second kappa shape index (κ2) is 10.6. The molecule has 5 heteroatoms. The lowest BCUT2D eigenvalue weighted by atomic mass is 9.93. The number of amides is 1. The molecular formula is C13H27ClN2O2. The molecule has 1 aliphatic rings. The van der Waals surface area contributed by atoms with E-state index in [0.717, 1.165) is 44.8 Å². The topological polar surface area (TPSA) is 41.6 Å². The van der Waals surface area contributed by atoms with Crippen LogP contribution < -0.4 is 5.32 Å². The van der Waals surface area contributed by atoms with E-state index in [1.54, 1.807) is 0 Å². The molecule has 0 radical (unpaired) electrons. The van der Waals surface area contributed by atoms with Crippen LogP contribution in [0.3, 0.4) is 0 Å². The van der Waals surface area contributed by atoms with Gasteiger partial charge in [-0.3, -0.25) is 4.79 Å². The van der Waals surface area contributed by atoms with Gasteiger partial charge in [-0.1, -0.05) is 6.92 Å². The highest BCUT2D eigenvalue weighted by Crippen LogP contribution is 2.19. The minimum absolute atomic E-state index is 0. The van der Waals surface area contributed by atoms with Crippen molar-refractivity contribution in [3.63, 3.8) is 0 Å². The number of likely N-dealkylation sites (tertiary alicyclic amines) is 1. The number of hydrogen-bond acceptors (Lipinski definition) is 3. The first-order valence-corrected chi connectivity index (χ1v) is 6.78. The Bertz CT molecular complexity index is 219. The summed E-state index contributed by atoms with van der Waals surface area (Å²) >= 11 is 0. The Kier molecular flexibility index (Phi) is 10.4. The molecule has 0 spiro atoms. The third-order valence-electron chi connectivity index (χ3n) is 3.34. The van der Waals surface area contributed by atoms with Gasteiger partial charge in [0.25, 0.3) is 0 Å². The molecule has 0 aromatic carbocycles. The Morgan fingerprint density at radius 3 is 2.61 bits per heavy atom. The smallest absolute Gasteiger partial charge is 0.248 e. The number of halogens is 1. The van der Waals surface area contributed by atoms with Crippen molar-refractivity contribution in [2.24, 2.45) is 5.92 Å². The van der Waals surface area contributed by atoms with Gasteiger partial charge < -0.3 is 15.0 Å². The highest BCUT2D eigenvalue weighted by Gasteiger charge is 2.22. The largest absolute Gasteiger partial charge is 0.372 e. The van der Waals surface area contributed by atoms with Crippen LogP contribution in [0.1, 0.15) is 32.6 Å². The molecule has 0 atom stereocenters. The minimum atomic E-state index is 0. The van der Waals surface area contributed by atoms with Crippen LogP contribution in [-0.2, 0) is 9.53 Å². The molecule has 4 nitrogen and oxygen atoms in total. The highest BCUT2D eigenvalue weighted by atomic mass is 35.5. The molecule has 1 amide bonds. The van der Waals surface area contributed by atoms with Crippen molar-refractivity contribution in [3.8, 4) is 0 Å². The lowest BCUT2D eigenvalue weighted by molar-refractivity contribution is -0.137. The molecule has 1 saturated heterocycles. The van der Waals surface area contributed by atoms with Crippen molar-refractivity contribution >= 4 is 18.3 Å². The first kappa shape index (κ1) is 17.7. The summed E-state index contributed by atoms with van der Waals surface area (Å²) in [6.07, 6.45) is 4.48. The first-order valence-electron chi connectivity index (χ1n) is 6.78. The van der Waals surface area contributed by atoms with Crippen molar-refractivity contribution in [1.29, 1.82) is 0 Å². The van der Waals surface area contributed by atoms with Gasteiger partial charge >= 0.3 is 0 Å². The summed E-state index contributed by atoms with van der Waals surface area (Å²) in [5.41, 5.74) is 0. The maximum atomic E-state index is 11.8. The molecule has 0 aromatic heterocycles. The number of carbonyl (C=O) groups excluding carboxylic acids is 1. The zero-order chi connectivity index (χ0) is 12.5. The Morgan fingerprint density at radius 1 is 1.39 bits per heavy atom. The van der Waals surface area contributed by atoms with Crippen LogP contribution in [0, 0.1) is 5.92 Å². The Morgan fingerprint density at radius 2 is 2.06 bits per heavy atom. The summed E-state index contributed by atoms with van der Waals surface area (Å²) in [4.78, 5) is 13.7. The van der Waals surface area contributed by atoms with Crippen molar-refractivity contribution in [1.82, 2.24) is 10.2 Å². The molecule has 0 aromatic rings. The van der Waals surface area contributed by atoms with Crippen molar-refractivity contribution in [2.45, 2.75) is 32.6 Å². The van der Waals surface area contributed by atoms with Gasteiger partial charge in [0.2, 0.25) is 5.91 Å². The van der Waals surface area contributed by atoms with Gasteiger partial charge in [-0.15, -0.1) is 12.4 Å². The van der Waals surface area contributed by atoms with Crippen molar-refractivity contribution in [2.75, 3.05) is 39.9 Å². The normalized spacial score (nSPS) is 16.4. The third kappa shape index (κ3) is 6.57. The van der Waals surface area contributed by atoms with Crippen LogP contribution in [0.2, 0.25) is 0 Å². The molecule has 0 saturated carbocycles. The van der Waals surface area contributed by atoms with E-state index in [-0.39, 0.29) is 24.9 Å². The van der Waals surface area contributed by atoms with Gasteiger partial charge in [-0.2, -0.15) is 0 Å². The van der Waals surface area contributed by atoms with E-state index in [4.69, 9.17) is 4.74 Å². The average molecular weight is 279 g/mol. The Labute approximate surface area is 117 Å². The van der Waals surface area contributed by atoms with Crippen LogP contribution in [0.5, 0.6) is 0 Å². The van der Waals surface area contributed by atoms with E-state index in [2.05, 4.69) is 12.2 Å². The fraction of sp³-hybridized carbons (Fsp3) is 0.923. The van der Waals surface area contributed by atoms with Gasteiger partial charge in [-0.25, -0.2) is 0 Å². The van der Waals surface area contributed by atoms with Crippen molar-refractivity contribution in [3.05, 3.63) is 0 Å². The first-order chi connectivity index (χ1) is 8.27. The van der Waals surface area contributed by atoms with E-state index in [1.807, 2.05) is 11.9 Å². The van der Waals surface area contributed by atoms with Gasteiger partial charge in [0.15, 0.2) is 0 Å². The van der Waals surface area contributed by atoms with Crippen LogP contribution in [-0.4, -0.2) is 50.7 Å². The maximum Gasteiger partial charge on any atom is 0.248 e. The van der Waals surface area contributed by atoms with Gasteiger partial charge in [0.1, 0.15) is 6.61 Å². The summed E-state index contributed by atoms with van der Waals surface area (Å²) in [6, 6.07) is 0. The molecule has 0 aliphatic carbocycles. The number of ether oxygens (including phenoxy) is 1. The fourth-order valence-electron chi connectivity index (χ4n) is 2.21. The summed E-state index contributed by atoms with van der Waals surface area (Å²) in [5.74, 6) is 0.938. The van der Waals surface area contributed by atoms with Gasteiger partial charge in [0.05, 0.1) is 0 Å². The Hall–Kier alpha value is -0.320. The summed E-state index contributed by atoms with van der Waals surface area (Å²) in [6.45, 7) is 5.89. The molecule has 0 bridgehead atoms. The molecule has 18 heavy (non-hydrogen) atoms. The molecule has 1 heterocycles. The van der Waals surface area contributed by atoms with Crippen LogP contribution in [0.4, 0.5) is 0 Å². The van der Waals surface area contributed by atoms with E-state index >= 15 is 0 Å². The number of rotatable bonds is 7. The molecular weight excluding hydrogens is 252 g/mol. The second-order valence-electron chi connectivity index (χ2n) is 4.77. The maximum absolute atomic E-state index is 11.8. The van der Waals surface area contributed by atoms with Crippen LogP contribution in [0.15, 0.2) is 0 Å². The van der Waals surface area contributed by atoms with Gasteiger partial charge in [0, 0.05) is 19.7 Å². The van der Waals surface area contributed by atoms with E-state index < -0.39 is 0 Å². The zero-order valence-electron chi connectivity index (χ0n) is 11.6. The van der Waals surface area contributed by atoms with Crippen LogP contribution in [0.25, 0.3) is 0 Å². The SMILES string of the molecule is CCCOCC(=O)N1CCC(CCNC)CC1.Cl. The third-order valence-corrected chi connectivity index (χ3v) is 3.34. The Balaban J connectivity index is 0.00000289. The number of nitrogens with zero attached hydrogens (tertiary/aromatic N) is 1. The monoisotopic (exact) mass is 278 g/mol. The average Bonchev–Trinajstić information content (AvgIpc) is 2.37. The summed E-state index contributed by atoms with van der Waals surface area (Å²) in [5, 5.41) is 3.18. The zero-order valence-corrected chi connectivity index (χ0v) is 12.4. The standard InChI is InChI=1S/C13H26N2O2.ClH/c1-3-10-17-11-13(16)15-8-5-12(6-9-15)4-7-14-2;/h12,14H,3-11H2,1-2H3;1H. The predicted octanol–water partition coefficient (Wildman–Crippen LogP) is 1.68. The predicted molar refractivity (Wildman–Crippen MR) is 76.2 cm³/mol.